The smallest absolute Gasteiger partial charge is 0.407 e. The number of unbranched alkanes of at least 4 members (excludes halogenated alkanes) is 12. The molecule has 12 heteroatoms. The van der Waals surface area contributed by atoms with E-state index in [0.29, 0.717) is 65.1 Å². The molecular weight excluding hydrogens is 713 g/mol. The Bertz CT molecular complexity index is 886. The lowest BCUT2D eigenvalue weighted by molar-refractivity contribution is -0.144. The maximum atomic E-state index is 12.5. The Balaban J connectivity index is 4.28. The van der Waals surface area contributed by atoms with Crippen LogP contribution in [0, 0.1) is 0 Å². The minimum Gasteiger partial charge on any atom is -0.466 e. The minimum atomic E-state index is -0.376. The van der Waals surface area contributed by atoms with E-state index in [1.807, 2.05) is 13.8 Å². The van der Waals surface area contributed by atoms with Gasteiger partial charge in [0.1, 0.15) is 12.2 Å². The van der Waals surface area contributed by atoms with Crippen molar-refractivity contribution in [3.8, 4) is 0 Å². The number of carbonyl (C=O) groups is 4. The largest absolute Gasteiger partial charge is 0.466 e. The van der Waals surface area contributed by atoms with Gasteiger partial charge in [-0.15, -0.1) is 0 Å². The first-order valence-corrected chi connectivity index (χ1v) is 22.9. The third kappa shape index (κ3) is 33.5. The molecule has 0 aliphatic rings. The Morgan fingerprint density at radius 1 is 0.464 bits per heavy atom. The molecule has 2 amide bonds. The highest BCUT2D eigenvalue weighted by Crippen LogP contribution is 2.14. The van der Waals surface area contributed by atoms with E-state index in [2.05, 4.69) is 48.1 Å². The van der Waals surface area contributed by atoms with Crippen molar-refractivity contribution in [2.24, 2.45) is 0 Å². The number of alkyl carbamates (subject to hydrolysis) is 2. The van der Waals surface area contributed by atoms with Crippen LogP contribution in [-0.2, 0) is 28.5 Å². The molecule has 0 rings (SSSR count). The summed E-state index contributed by atoms with van der Waals surface area (Å²) >= 11 is 0. The molecule has 0 aromatic rings. The first-order chi connectivity index (χ1) is 27.2. The molecule has 0 spiro atoms. The third-order valence-corrected chi connectivity index (χ3v) is 10.3. The molecule has 0 aliphatic carbocycles. The monoisotopic (exact) mass is 799 g/mol. The molecule has 0 aliphatic heterocycles. The number of hydrogen-bond donors (Lipinski definition) is 2. The van der Waals surface area contributed by atoms with Gasteiger partial charge < -0.3 is 39.4 Å². The maximum absolute atomic E-state index is 12.5. The van der Waals surface area contributed by atoms with E-state index >= 15 is 0 Å². The SMILES string of the molecule is CCCCCCCCC(CC)OC(=O)NCCCCOC(=O)CCN(CCC(=O)OCCCCNC(=O)OC(CC)CCCCCCCC)CCN(CC)CC. The molecule has 0 bridgehead atoms. The molecule has 2 unspecified atom stereocenters. The summed E-state index contributed by atoms with van der Waals surface area (Å²) in [6.07, 6.45) is 20.4. The zero-order chi connectivity index (χ0) is 41.5. The standard InChI is InChI=1S/C44H86N4O8/c1-7-13-15-17-19-21-27-39(9-3)55-43(51)45-31-23-25-37-53-41(49)29-33-48(36-35-47(11-5)12-6)34-30-42(50)54-38-26-24-32-46-44(52)56-40(10-4)28-22-20-18-16-14-8-2/h39-40H,7-38H2,1-6H3,(H,45,51)(H,46,52). The van der Waals surface area contributed by atoms with Crippen LogP contribution in [0.2, 0.25) is 0 Å². The Morgan fingerprint density at radius 3 is 1.25 bits per heavy atom. The van der Waals surface area contributed by atoms with Crippen molar-refractivity contribution in [2.75, 3.05) is 65.6 Å². The highest BCUT2D eigenvalue weighted by molar-refractivity contribution is 5.70. The molecule has 330 valence electrons. The Labute approximate surface area is 342 Å². The quantitative estimate of drug-likeness (QED) is 0.0352. The summed E-state index contributed by atoms with van der Waals surface area (Å²) in [5.41, 5.74) is 0. The summed E-state index contributed by atoms with van der Waals surface area (Å²) in [5, 5.41) is 5.65. The van der Waals surface area contributed by atoms with Crippen molar-refractivity contribution >= 4 is 24.1 Å². The number of carbonyl (C=O) groups excluding carboxylic acids is 4. The fourth-order valence-electron chi connectivity index (χ4n) is 6.39. The van der Waals surface area contributed by atoms with E-state index in [-0.39, 0.29) is 49.2 Å². The van der Waals surface area contributed by atoms with Crippen molar-refractivity contribution in [1.29, 1.82) is 0 Å². The zero-order valence-corrected chi connectivity index (χ0v) is 36.9. The van der Waals surface area contributed by atoms with Gasteiger partial charge >= 0.3 is 24.1 Å². The second kappa shape index (κ2) is 39.2. The molecule has 2 N–H and O–H groups in total. The number of likely N-dealkylation sites (N-methyl/N-ethyl adjacent to an activating group) is 1. The van der Waals surface area contributed by atoms with Crippen LogP contribution in [0.3, 0.4) is 0 Å². The van der Waals surface area contributed by atoms with E-state index < -0.39 is 0 Å². The van der Waals surface area contributed by atoms with E-state index in [0.717, 1.165) is 64.7 Å². The Morgan fingerprint density at radius 2 is 0.857 bits per heavy atom. The van der Waals surface area contributed by atoms with Crippen molar-refractivity contribution in [3.63, 3.8) is 0 Å². The first kappa shape index (κ1) is 53.4. The van der Waals surface area contributed by atoms with Crippen LogP contribution in [0.4, 0.5) is 9.59 Å². The predicted octanol–water partition coefficient (Wildman–Crippen LogP) is 9.57. The van der Waals surface area contributed by atoms with E-state index in [4.69, 9.17) is 18.9 Å². The lowest BCUT2D eigenvalue weighted by Gasteiger charge is -2.25. The van der Waals surface area contributed by atoms with E-state index in [9.17, 15) is 19.2 Å². The van der Waals surface area contributed by atoms with Gasteiger partial charge in [0, 0.05) is 39.3 Å². The van der Waals surface area contributed by atoms with Crippen molar-refractivity contribution in [2.45, 2.75) is 195 Å². The second-order valence-corrected chi connectivity index (χ2v) is 15.1. The van der Waals surface area contributed by atoms with Crippen LogP contribution in [0.5, 0.6) is 0 Å². The van der Waals surface area contributed by atoms with Gasteiger partial charge in [-0.3, -0.25) is 9.59 Å². The first-order valence-electron chi connectivity index (χ1n) is 22.9. The van der Waals surface area contributed by atoms with Gasteiger partial charge in [0.15, 0.2) is 0 Å². The minimum absolute atomic E-state index is 0.0461. The van der Waals surface area contributed by atoms with Crippen LogP contribution < -0.4 is 10.6 Å². The molecular formula is C44H86N4O8. The molecule has 0 heterocycles. The second-order valence-electron chi connectivity index (χ2n) is 15.1. The van der Waals surface area contributed by atoms with Gasteiger partial charge in [0.2, 0.25) is 0 Å². The molecule has 2 atom stereocenters. The van der Waals surface area contributed by atoms with Crippen LogP contribution in [-0.4, -0.2) is 112 Å². The number of rotatable bonds is 39. The number of ether oxygens (including phenoxy) is 4. The van der Waals surface area contributed by atoms with Gasteiger partial charge in [-0.05, 0) is 77.3 Å². The molecule has 56 heavy (non-hydrogen) atoms. The van der Waals surface area contributed by atoms with E-state index in [1.165, 1.54) is 64.2 Å². The number of esters is 2. The molecule has 0 aromatic heterocycles. The third-order valence-electron chi connectivity index (χ3n) is 10.3. The van der Waals surface area contributed by atoms with Crippen molar-refractivity contribution in [1.82, 2.24) is 20.4 Å². The topological polar surface area (TPSA) is 136 Å². The molecule has 12 nitrogen and oxygen atoms in total. The van der Waals surface area contributed by atoms with Crippen LogP contribution in [0.25, 0.3) is 0 Å². The average Bonchev–Trinajstić information content (AvgIpc) is 3.20. The summed E-state index contributed by atoms with van der Waals surface area (Å²) in [6, 6.07) is 0. The van der Waals surface area contributed by atoms with Gasteiger partial charge in [0.25, 0.3) is 0 Å². The normalized spacial score (nSPS) is 12.4. The average molecular weight is 799 g/mol. The number of nitrogens with zero attached hydrogens (tertiary/aromatic N) is 2. The summed E-state index contributed by atoms with van der Waals surface area (Å²) in [5.74, 6) is -0.539. The van der Waals surface area contributed by atoms with Crippen molar-refractivity contribution < 1.29 is 38.1 Å². The molecule has 0 saturated carbocycles. The van der Waals surface area contributed by atoms with Crippen LogP contribution >= 0.6 is 0 Å². The molecule has 0 radical (unpaired) electrons. The summed E-state index contributed by atoms with van der Waals surface area (Å²) in [6.45, 7) is 18.8. The van der Waals surface area contributed by atoms with Crippen molar-refractivity contribution in [3.05, 3.63) is 0 Å². The number of nitrogens with one attached hydrogen (secondary N) is 2. The molecule has 0 fully saturated rings. The van der Waals surface area contributed by atoms with E-state index in [1.54, 1.807) is 0 Å². The zero-order valence-electron chi connectivity index (χ0n) is 36.9. The van der Waals surface area contributed by atoms with Gasteiger partial charge in [-0.1, -0.05) is 106 Å². The van der Waals surface area contributed by atoms with Crippen LogP contribution in [0.15, 0.2) is 0 Å². The lowest BCUT2D eigenvalue weighted by Crippen LogP contribution is -2.37. The van der Waals surface area contributed by atoms with Gasteiger partial charge in [-0.2, -0.15) is 0 Å². The molecule has 0 saturated heterocycles. The van der Waals surface area contributed by atoms with Gasteiger partial charge in [-0.25, -0.2) is 9.59 Å². The predicted molar refractivity (Wildman–Crippen MR) is 227 cm³/mol. The summed E-state index contributed by atoms with van der Waals surface area (Å²) in [4.78, 5) is 54.0. The number of hydrogen-bond acceptors (Lipinski definition) is 10. The fraction of sp³-hybridized carbons (Fsp3) is 0.909. The number of amides is 2. The summed E-state index contributed by atoms with van der Waals surface area (Å²) in [7, 11) is 0. The fourth-order valence-corrected chi connectivity index (χ4v) is 6.39. The van der Waals surface area contributed by atoms with Gasteiger partial charge in [0.05, 0.1) is 26.1 Å². The Hall–Kier alpha value is -2.60. The highest BCUT2D eigenvalue weighted by Gasteiger charge is 2.15. The highest BCUT2D eigenvalue weighted by atomic mass is 16.6. The maximum Gasteiger partial charge on any atom is 0.407 e. The summed E-state index contributed by atoms with van der Waals surface area (Å²) < 4.78 is 22.1. The lowest BCUT2D eigenvalue weighted by atomic mass is 10.1. The van der Waals surface area contributed by atoms with Crippen LogP contribution in [0.1, 0.15) is 183 Å². The molecule has 0 aromatic carbocycles. The Kier molecular flexibility index (Phi) is 37.4.